The lowest BCUT2D eigenvalue weighted by atomic mass is 9.94. The van der Waals surface area contributed by atoms with Gasteiger partial charge in [-0.25, -0.2) is 14.8 Å². The number of carbonyl (C=O) groups is 1. The Morgan fingerprint density at radius 1 is 1.27 bits per heavy atom. The number of ether oxygens (including phenoxy) is 1. The van der Waals surface area contributed by atoms with E-state index in [0.717, 1.165) is 46.2 Å². The fourth-order valence-electron chi connectivity index (χ4n) is 4.36. The number of anilines is 2. The average Bonchev–Trinajstić information content (AvgIpc) is 3.49. The van der Waals surface area contributed by atoms with Crippen LogP contribution in [0.15, 0.2) is 36.7 Å². The van der Waals surface area contributed by atoms with Crippen LogP contribution in [-0.2, 0) is 4.74 Å². The second-order valence-corrected chi connectivity index (χ2v) is 10.9. The Bertz CT molecular complexity index is 1480. The minimum absolute atomic E-state index is 0.0388. The first kappa shape index (κ1) is 24.6. The highest BCUT2D eigenvalue weighted by Crippen LogP contribution is 2.33. The number of aryl methyl sites for hydroxylation is 1. The minimum atomic E-state index is -0.549. The van der Waals surface area contributed by atoms with Crippen molar-refractivity contribution in [1.82, 2.24) is 28.9 Å². The second kappa shape index (κ2) is 9.78. The number of hydrogen-bond acceptors (Lipinski definition) is 9. The van der Waals surface area contributed by atoms with Gasteiger partial charge in [-0.2, -0.15) is 19.2 Å². The molecule has 0 aliphatic carbocycles. The number of piperidine rings is 1. The van der Waals surface area contributed by atoms with Crippen LogP contribution in [0.4, 0.5) is 15.6 Å². The van der Waals surface area contributed by atoms with Gasteiger partial charge in [0.25, 0.3) is 0 Å². The monoisotopic (exact) mass is 516 g/mol. The van der Waals surface area contributed by atoms with Crippen LogP contribution in [0.2, 0.25) is 0 Å². The molecule has 0 aromatic carbocycles. The summed E-state index contributed by atoms with van der Waals surface area (Å²) in [4.78, 5) is 23.8. The van der Waals surface area contributed by atoms with E-state index in [0.29, 0.717) is 24.4 Å². The first-order valence-electron chi connectivity index (χ1n) is 12.1. The van der Waals surface area contributed by atoms with E-state index < -0.39 is 5.60 Å². The molecule has 0 saturated carbocycles. The van der Waals surface area contributed by atoms with Crippen molar-refractivity contribution < 1.29 is 9.53 Å². The average molecular weight is 517 g/mol. The number of fused-ring (bicyclic) bond motifs is 1. The normalized spacial score (nSPS) is 16.0. The van der Waals surface area contributed by atoms with Gasteiger partial charge in [0, 0.05) is 42.4 Å². The first-order chi connectivity index (χ1) is 17.7. The molecule has 1 atom stereocenters. The fraction of sp³-hybridized carbons (Fsp3) is 0.385. The fourth-order valence-corrected chi connectivity index (χ4v) is 5.03. The second-order valence-electron chi connectivity index (χ2n) is 10.1. The lowest BCUT2D eigenvalue weighted by Gasteiger charge is -2.34. The molecule has 0 radical (unpaired) electrons. The zero-order chi connectivity index (χ0) is 26.2. The molecule has 1 aliphatic rings. The Kier molecular flexibility index (Phi) is 6.52. The standard InChI is InChI=1S/C26H28N8O2S/c1-16-10-23(37-32-16)31-22-11-21(18-6-5-9-33(15-18)25(35)36-26(2,3)4)30-24-20(14-29-34(22)24)17-7-8-19(12-27)28-13-17/h7-8,10-11,13-14,18,31H,5-6,9,15H2,1-4H3. The van der Waals surface area contributed by atoms with Crippen molar-refractivity contribution in [2.24, 2.45) is 0 Å². The number of carbonyl (C=O) groups excluding carboxylic acids is 1. The first-order valence-corrected chi connectivity index (χ1v) is 12.9. The summed E-state index contributed by atoms with van der Waals surface area (Å²) in [5.41, 5.74) is 3.89. The third kappa shape index (κ3) is 5.39. The molecule has 1 N–H and O–H groups in total. The number of hydrogen-bond donors (Lipinski definition) is 1. The molecular formula is C26H28N8O2S. The highest BCUT2D eigenvalue weighted by Gasteiger charge is 2.30. The van der Waals surface area contributed by atoms with Crippen molar-refractivity contribution in [1.29, 1.82) is 5.26 Å². The van der Waals surface area contributed by atoms with E-state index >= 15 is 0 Å². The highest BCUT2D eigenvalue weighted by molar-refractivity contribution is 7.10. The van der Waals surface area contributed by atoms with Crippen LogP contribution >= 0.6 is 11.5 Å². The topological polar surface area (TPSA) is 121 Å². The number of nitriles is 1. The Morgan fingerprint density at radius 3 is 2.78 bits per heavy atom. The van der Waals surface area contributed by atoms with E-state index in [9.17, 15) is 4.79 Å². The van der Waals surface area contributed by atoms with E-state index in [2.05, 4.69) is 19.8 Å². The number of likely N-dealkylation sites (tertiary alicyclic amines) is 1. The van der Waals surface area contributed by atoms with Gasteiger partial charge in [-0.05, 0) is 70.3 Å². The number of pyridine rings is 1. The molecule has 0 bridgehead atoms. The molecule has 0 spiro atoms. The molecule has 4 aromatic rings. The summed E-state index contributed by atoms with van der Waals surface area (Å²) in [6.07, 6.45) is 4.88. The van der Waals surface area contributed by atoms with E-state index in [1.165, 1.54) is 11.5 Å². The van der Waals surface area contributed by atoms with Gasteiger partial charge >= 0.3 is 6.09 Å². The lowest BCUT2D eigenvalue weighted by molar-refractivity contribution is 0.0197. The Morgan fingerprint density at radius 2 is 2.11 bits per heavy atom. The van der Waals surface area contributed by atoms with Crippen molar-refractivity contribution in [2.45, 2.75) is 52.1 Å². The van der Waals surface area contributed by atoms with Gasteiger partial charge in [-0.1, -0.05) is 0 Å². The molecule has 4 aromatic heterocycles. The van der Waals surface area contributed by atoms with Gasteiger partial charge in [-0.3, -0.25) is 0 Å². The zero-order valence-corrected chi connectivity index (χ0v) is 22.0. The summed E-state index contributed by atoms with van der Waals surface area (Å²) in [6.45, 7) is 8.76. The molecule has 5 heterocycles. The van der Waals surface area contributed by atoms with Gasteiger partial charge in [0.2, 0.25) is 0 Å². The SMILES string of the molecule is Cc1cc(Nc2cc(C3CCCN(C(=O)OC(C)(C)C)C3)nc3c(-c4ccc(C#N)nc4)cnn23)sn1. The van der Waals surface area contributed by atoms with Gasteiger partial charge in [0.1, 0.15) is 28.2 Å². The van der Waals surface area contributed by atoms with E-state index in [1.807, 2.05) is 52.0 Å². The van der Waals surface area contributed by atoms with Crippen LogP contribution in [0.25, 0.3) is 16.8 Å². The number of rotatable bonds is 4. The van der Waals surface area contributed by atoms with Gasteiger partial charge in [0.05, 0.1) is 17.6 Å². The molecule has 10 nitrogen and oxygen atoms in total. The van der Waals surface area contributed by atoms with Gasteiger partial charge < -0.3 is 15.0 Å². The molecule has 1 saturated heterocycles. The van der Waals surface area contributed by atoms with Crippen LogP contribution in [0, 0.1) is 18.3 Å². The van der Waals surface area contributed by atoms with E-state index in [4.69, 9.17) is 15.0 Å². The lowest BCUT2D eigenvalue weighted by Crippen LogP contribution is -2.42. The summed E-state index contributed by atoms with van der Waals surface area (Å²) < 4.78 is 11.8. The third-order valence-corrected chi connectivity index (χ3v) is 6.85. The number of amides is 1. The maximum absolute atomic E-state index is 12.8. The zero-order valence-electron chi connectivity index (χ0n) is 21.2. The molecule has 1 fully saturated rings. The van der Waals surface area contributed by atoms with Crippen molar-refractivity contribution in [3.63, 3.8) is 0 Å². The van der Waals surface area contributed by atoms with Gasteiger partial charge in [-0.15, -0.1) is 0 Å². The Labute approximate surface area is 219 Å². The summed E-state index contributed by atoms with van der Waals surface area (Å²) in [5, 5.41) is 18.1. The van der Waals surface area contributed by atoms with E-state index in [-0.39, 0.29) is 12.0 Å². The van der Waals surface area contributed by atoms with Crippen molar-refractivity contribution in [3.8, 4) is 17.2 Å². The molecular weight excluding hydrogens is 488 g/mol. The summed E-state index contributed by atoms with van der Waals surface area (Å²) in [5.74, 6) is 0.794. The predicted octanol–water partition coefficient (Wildman–Crippen LogP) is 5.29. The molecule has 190 valence electrons. The minimum Gasteiger partial charge on any atom is -0.444 e. The molecule has 37 heavy (non-hydrogen) atoms. The molecule has 1 amide bonds. The van der Waals surface area contributed by atoms with Crippen LogP contribution < -0.4 is 5.32 Å². The van der Waals surface area contributed by atoms with Crippen molar-refractivity contribution in [2.75, 3.05) is 18.4 Å². The number of aromatic nitrogens is 5. The van der Waals surface area contributed by atoms with Crippen molar-refractivity contribution >= 4 is 34.1 Å². The largest absolute Gasteiger partial charge is 0.444 e. The molecule has 1 aliphatic heterocycles. The van der Waals surface area contributed by atoms with Crippen LogP contribution in [0.5, 0.6) is 0 Å². The summed E-state index contributed by atoms with van der Waals surface area (Å²) in [6, 6.07) is 9.56. The van der Waals surface area contributed by atoms with E-state index in [1.54, 1.807) is 27.9 Å². The van der Waals surface area contributed by atoms with Crippen LogP contribution in [-0.4, -0.2) is 53.6 Å². The predicted molar refractivity (Wildman–Crippen MR) is 141 cm³/mol. The molecule has 1 unspecified atom stereocenters. The third-order valence-electron chi connectivity index (χ3n) is 6.05. The van der Waals surface area contributed by atoms with Crippen LogP contribution in [0.3, 0.4) is 0 Å². The maximum Gasteiger partial charge on any atom is 0.410 e. The summed E-state index contributed by atoms with van der Waals surface area (Å²) >= 11 is 1.38. The smallest absolute Gasteiger partial charge is 0.410 e. The van der Waals surface area contributed by atoms with Crippen LogP contribution in [0.1, 0.15) is 56.6 Å². The molecule has 11 heteroatoms. The Hall–Kier alpha value is -4.04. The Balaban J connectivity index is 1.54. The highest BCUT2D eigenvalue weighted by atomic mass is 32.1. The number of nitrogens with zero attached hydrogens (tertiary/aromatic N) is 7. The van der Waals surface area contributed by atoms with Crippen molar-refractivity contribution in [3.05, 3.63) is 53.7 Å². The molecule has 5 rings (SSSR count). The number of nitrogens with one attached hydrogen (secondary N) is 1. The van der Waals surface area contributed by atoms with Gasteiger partial charge in [0.15, 0.2) is 5.65 Å². The summed E-state index contributed by atoms with van der Waals surface area (Å²) in [7, 11) is 0. The maximum atomic E-state index is 12.8. The quantitative estimate of drug-likeness (QED) is 0.388.